The fourth-order valence-electron chi connectivity index (χ4n) is 2.37. The van der Waals surface area contributed by atoms with Gasteiger partial charge in [0.15, 0.2) is 0 Å². The van der Waals surface area contributed by atoms with Gasteiger partial charge in [0.2, 0.25) is 5.91 Å². The molecule has 23 heavy (non-hydrogen) atoms. The minimum atomic E-state index is -0.642. The van der Waals surface area contributed by atoms with E-state index in [0.717, 1.165) is 16.6 Å². The molecule has 2 aromatic carbocycles. The number of hydrogen-bond donors (Lipinski definition) is 3. The van der Waals surface area contributed by atoms with E-state index in [2.05, 4.69) is 15.6 Å². The van der Waals surface area contributed by atoms with Crippen LogP contribution in [0.5, 0.6) is 0 Å². The number of fused-ring (bicyclic) bond motifs is 1. The molecule has 0 saturated heterocycles. The fraction of sp³-hybridized carbons (Fsp3) is 0.111. The maximum Gasteiger partial charge on any atom is 0.251 e. The molecule has 1 aromatic heterocycles. The number of amides is 2. The first-order valence-electron chi connectivity index (χ1n) is 7.38. The van der Waals surface area contributed by atoms with E-state index in [0.29, 0.717) is 5.56 Å². The molecule has 1 unspecified atom stereocenters. The molecule has 3 aromatic rings. The fourth-order valence-corrected chi connectivity index (χ4v) is 2.37. The standard InChI is InChI=1S/C18H17N3O2/c1-12(20-18(23)13-6-3-2-4-7-13)17(22)21-16-9-5-8-15-14(16)10-11-19-15/h2-12,19H,1H3,(H,20,23)(H,21,22). The third-order valence-electron chi connectivity index (χ3n) is 3.63. The number of hydrogen-bond acceptors (Lipinski definition) is 2. The lowest BCUT2D eigenvalue weighted by atomic mass is 10.2. The van der Waals surface area contributed by atoms with Crippen LogP contribution in [0, 0.1) is 0 Å². The Morgan fingerprint density at radius 1 is 1.00 bits per heavy atom. The minimum Gasteiger partial charge on any atom is -0.361 e. The summed E-state index contributed by atoms with van der Waals surface area (Å²) < 4.78 is 0. The molecule has 3 rings (SSSR count). The summed E-state index contributed by atoms with van der Waals surface area (Å²) in [6.45, 7) is 1.66. The molecule has 0 aliphatic carbocycles. The zero-order chi connectivity index (χ0) is 16.2. The lowest BCUT2D eigenvalue weighted by Gasteiger charge is -2.14. The number of benzene rings is 2. The molecule has 5 heteroatoms. The van der Waals surface area contributed by atoms with E-state index in [1.54, 1.807) is 31.2 Å². The lowest BCUT2D eigenvalue weighted by molar-refractivity contribution is -0.117. The highest BCUT2D eigenvalue weighted by molar-refractivity contribution is 6.05. The molecule has 0 aliphatic rings. The van der Waals surface area contributed by atoms with Crippen LogP contribution in [0.25, 0.3) is 10.9 Å². The quantitative estimate of drug-likeness (QED) is 0.693. The molecular formula is C18H17N3O2. The molecular weight excluding hydrogens is 290 g/mol. The van der Waals surface area contributed by atoms with Crippen molar-refractivity contribution in [2.24, 2.45) is 0 Å². The Kier molecular flexibility index (Phi) is 4.10. The second kappa shape index (κ2) is 6.36. The average Bonchev–Trinajstić information content (AvgIpc) is 3.05. The van der Waals surface area contributed by atoms with Gasteiger partial charge in [-0.25, -0.2) is 0 Å². The van der Waals surface area contributed by atoms with Crippen LogP contribution < -0.4 is 10.6 Å². The highest BCUT2D eigenvalue weighted by Gasteiger charge is 2.17. The van der Waals surface area contributed by atoms with E-state index in [4.69, 9.17) is 0 Å². The minimum absolute atomic E-state index is 0.261. The molecule has 0 fully saturated rings. The summed E-state index contributed by atoms with van der Waals surface area (Å²) in [5.74, 6) is -0.531. The number of H-pyrrole nitrogens is 1. The first-order chi connectivity index (χ1) is 11.1. The Bertz CT molecular complexity index is 840. The molecule has 0 bridgehead atoms. The Labute approximate surface area is 133 Å². The Morgan fingerprint density at radius 2 is 1.78 bits per heavy atom. The van der Waals surface area contributed by atoms with Gasteiger partial charge in [-0.15, -0.1) is 0 Å². The van der Waals surface area contributed by atoms with Crippen molar-refractivity contribution in [3.63, 3.8) is 0 Å². The van der Waals surface area contributed by atoms with Crippen molar-refractivity contribution >= 4 is 28.4 Å². The molecule has 5 nitrogen and oxygen atoms in total. The summed E-state index contributed by atoms with van der Waals surface area (Å²) in [5, 5.41) is 6.49. The van der Waals surface area contributed by atoms with Gasteiger partial charge >= 0.3 is 0 Å². The second-order valence-corrected chi connectivity index (χ2v) is 5.29. The van der Waals surface area contributed by atoms with E-state index < -0.39 is 6.04 Å². The number of carbonyl (C=O) groups excluding carboxylic acids is 2. The third kappa shape index (κ3) is 3.23. The molecule has 116 valence electrons. The molecule has 0 spiro atoms. The van der Waals surface area contributed by atoms with Gasteiger partial charge in [-0.2, -0.15) is 0 Å². The normalized spacial score (nSPS) is 11.9. The van der Waals surface area contributed by atoms with Gasteiger partial charge < -0.3 is 15.6 Å². The topological polar surface area (TPSA) is 74.0 Å². The van der Waals surface area contributed by atoms with Crippen LogP contribution in [0.15, 0.2) is 60.8 Å². The maximum absolute atomic E-state index is 12.3. The first-order valence-corrected chi connectivity index (χ1v) is 7.38. The molecule has 2 amide bonds. The number of nitrogens with one attached hydrogen (secondary N) is 3. The monoisotopic (exact) mass is 307 g/mol. The smallest absolute Gasteiger partial charge is 0.251 e. The zero-order valence-corrected chi connectivity index (χ0v) is 12.7. The summed E-state index contributed by atoms with van der Waals surface area (Å²) in [4.78, 5) is 27.5. The van der Waals surface area contributed by atoms with Gasteiger partial charge in [0.25, 0.3) is 5.91 Å². The van der Waals surface area contributed by atoms with Crippen LogP contribution in [0.3, 0.4) is 0 Å². The largest absolute Gasteiger partial charge is 0.361 e. The second-order valence-electron chi connectivity index (χ2n) is 5.29. The lowest BCUT2D eigenvalue weighted by Crippen LogP contribution is -2.41. The molecule has 0 saturated carbocycles. The number of anilines is 1. The third-order valence-corrected chi connectivity index (χ3v) is 3.63. The van der Waals surface area contributed by atoms with Gasteiger partial charge in [0.05, 0.1) is 5.69 Å². The number of rotatable bonds is 4. The molecule has 0 aliphatic heterocycles. The summed E-state index contributed by atoms with van der Waals surface area (Å²) in [6.07, 6.45) is 1.82. The van der Waals surface area contributed by atoms with Crippen molar-refractivity contribution in [1.82, 2.24) is 10.3 Å². The summed E-state index contributed by atoms with van der Waals surface area (Å²) in [5.41, 5.74) is 2.19. The maximum atomic E-state index is 12.3. The van der Waals surface area contributed by atoms with Gasteiger partial charge in [0.1, 0.15) is 6.04 Å². The predicted molar refractivity (Wildman–Crippen MR) is 90.3 cm³/mol. The highest BCUT2D eigenvalue weighted by atomic mass is 16.2. The van der Waals surface area contributed by atoms with Crippen LogP contribution in [0.4, 0.5) is 5.69 Å². The van der Waals surface area contributed by atoms with Crippen molar-refractivity contribution in [1.29, 1.82) is 0 Å². The van der Waals surface area contributed by atoms with E-state index in [1.807, 2.05) is 36.5 Å². The zero-order valence-electron chi connectivity index (χ0n) is 12.7. The Morgan fingerprint density at radius 3 is 2.57 bits per heavy atom. The van der Waals surface area contributed by atoms with Crippen LogP contribution in [-0.4, -0.2) is 22.8 Å². The van der Waals surface area contributed by atoms with E-state index in [1.165, 1.54) is 0 Å². The number of aromatic amines is 1. The van der Waals surface area contributed by atoms with Gasteiger partial charge in [0, 0.05) is 22.7 Å². The van der Waals surface area contributed by atoms with Crippen LogP contribution in [0.1, 0.15) is 17.3 Å². The van der Waals surface area contributed by atoms with Crippen molar-refractivity contribution in [2.75, 3.05) is 5.32 Å². The van der Waals surface area contributed by atoms with Crippen molar-refractivity contribution in [3.8, 4) is 0 Å². The molecule has 1 atom stereocenters. The summed E-state index contributed by atoms with van der Waals surface area (Å²) >= 11 is 0. The van der Waals surface area contributed by atoms with E-state index in [-0.39, 0.29) is 11.8 Å². The van der Waals surface area contributed by atoms with Crippen LogP contribution in [-0.2, 0) is 4.79 Å². The Hall–Kier alpha value is -3.08. The van der Waals surface area contributed by atoms with E-state index >= 15 is 0 Å². The van der Waals surface area contributed by atoms with Gasteiger partial charge in [-0.05, 0) is 37.3 Å². The van der Waals surface area contributed by atoms with Crippen molar-refractivity contribution < 1.29 is 9.59 Å². The van der Waals surface area contributed by atoms with Gasteiger partial charge in [-0.1, -0.05) is 24.3 Å². The van der Waals surface area contributed by atoms with E-state index in [9.17, 15) is 9.59 Å². The molecule has 1 heterocycles. The first kappa shape index (κ1) is 14.8. The van der Waals surface area contributed by atoms with Crippen molar-refractivity contribution in [3.05, 3.63) is 66.4 Å². The van der Waals surface area contributed by atoms with Crippen molar-refractivity contribution in [2.45, 2.75) is 13.0 Å². The number of carbonyl (C=O) groups is 2. The Balaban J connectivity index is 1.68. The predicted octanol–water partition coefficient (Wildman–Crippen LogP) is 2.92. The van der Waals surface area contributed by atoms with Crippen LogP contribution in [0.2, 0.25) is 0 Å². The summed E-state index contributed by atoms with van der Waals surface area (Å²) in [7, 11) is 0. The van der Waals surface area contributed by atoms with Crippen LogP contribution >= 0.6 is 0 Å². The summed E-state index contributed by atoms with van der Waals surface area (Å²) in [6, 6.07) is 15.7. The average molecular weight is 307 g/mol. The highest BCUT2D eigenvalue weighted by Crippen LogP contribution is 2.22. The molecule has 3 N–H and O–H groups in total. The van der Waals surface area contributed by atoms with Gasteiger partial charge in [-0.3, -0.25) is 9.59 Å². The SMILES string of the molecule is CC(NC(=O)c1ccccc1)C(=O)Nc1cccc2[nH]ccc12. The molecule has 0 radical (unpaired) electrons. The number of aromatic nitrogens is 1.